The smallest absolute Gasteiger partial charge is 0.261 e. The van der Waals surface area contributed by atoms with Crippen molar-refractivity contribution >= 4 is 17.2 Å². The average Bonchev–Trinajstić information content (AvgIpc) is 2.64. The van der Waals surface area contributed by atoms with Gasteiger partial charge in [-0.3, -0.25) is 4.79 Å². The second-order valence-corrected chi connectivity index (χ2v) is 4.34. The first-order valence-corrected chi connectivity index (χ1v) is 5.54. The van der Waals surface area contributed by atoms with E-state index in [4.69, 9.17) is 0 Å². The Labute approximate surface area is 88.7 Å². The second-order valence-electron chi connectivity index (χ2n) is 3.39. The van der Waals surface area contributed by atoms with Gasteiger partial charge in [0, 0.05) is 6.54 Å². The molecule has 1 heterocycles. The maximum Gasteiger partial charge on any atom is 0.261 e. The van der Waals surface area contributed by atoms with Crippen molar-refractivity contribution in [3.05, 3.63) is 22.4 Å². The van der Waals surface area contributed by atoms with Crippen molar-refractivity contribution in [2.45, 2.75) is 6.42 Å². The average molecular weight is 212 g/mol. The highest BCUT2D eigenvalue weighted by atomic mass is 32.1. The molecule has 0 aliphatic rings. The van der Waals surface area contributed by atoms with E-state index in [1.54, 1.807) is 0 Å². The molecule has 14 heavy (non-hydrogen) atoms. The minimum absolute atomic E-state index is 0.0405. The van der Waals surface area contributed by atoms with Crippen molar-refractivity contribution < 1.29 is 4.79 Å². The van der Waals surface area contributed by atoms with Crippen LogP contribution in [0.15, 0.2) is 17.5 Å². The van der Waals surface area contributed by atoms with Crippen LogP contribution in [0.2, 0.25) is 0 Å². The molecule has 1 N–H and O–H groups in total. The quantitative estimate of drug-likeness (QED) is 0.749. The van der Waals surface area contributed by atoms with Crippen LogP contribution in [0.25, 0.3) is 0 Å². The largest absolute Gasteiger partial charge is 0.351 e. The molecule has 0 spiro atoms. The van der Waals surface area contributed by atoms with Crippen molar-refractivity contribution in [3.63, 3.8) is 0 Å². The molecule has 3 nitrogen and oxygen atoms in total. The molecular formula is C10H16N2OS. The highest BCUT2D eigenvalue weighted by Gasteiger charge is 2.04. The number of amides is 1. The summed E-state index contributed by atoms with van der Waals surface area (Å²) in [6.07, 6.45) is 0.990. The third-order valence-corrected chi connectivity index (χ3v) is 2.68. The molecule has 0 bridgehead atoms. The third-order valence-electron chi connectivity index (χ3n) is 1.81. The molecule has 0 atom stereocenters. The standard InChI is InChI=1S/C10H16N2OS/c1-12(2)7-4-6-11-10(13)9-5-3-8-14-9/h3,5,8H,4,6-7H2,1-2H3,(H,11,13). The minimum Gasteiger partial charge on any atom is -0.351 e. The van der Waals surface area contributed by atoms with Crippen LogP contribution in [0.5, 0.6) is 0 Å². The summed E-state index contributed by atoms with van der Waals surface area (Å²) in [7, 11) is 4.06. The van der Waals surface area contributed by atoms with E-state index < -0.39 is 0 Å². The third kappa shape index (κ3) is 3.89. The van der Waals surface area contributed by atoms with Gasteiger partial charge in [0.2, 0.25) is 0 Å². The summed E-state index contributed by atoms with van der Waals surface area (Å²) in [5, 5.41) is 4.80. The van der Waals surface area contributed by atoms with E-state index in [0.29, 0.717) is 0 Å². The van der Waals surface area contributed by atoms with Crippen molar-refractivity contribution in [3.8, 4) is 0 Å². The Morgan fingerprint density at radius 2 is 2.36 bits per heavy atom. The summed E-state index contributed by atoms with van der Waals surface area (Å²) in [5.41, 5.74) is 0. The monoisotopic (exact) mass is 212 g/mol. The first kappa shape index (κ1) is 11.2. The Hall–Kier alpha value is -0.870. The molecule has 1 aromatic heterocycles. The van der Waals surface area contributed by atoms with E-state index in [2.05, 4.69) is 10.2 Å². The van der Waals surface area contributed by atoms with Crippen LogP contribution in [0.3, 0.4) is 0 Å². The van der Waals surface area contributed by atoms with Crippen molar-refractivity contribution in [1.82, 2.24) is 10.2 Å². The molecule has 1 amide bonds. The summed E-state index contributed by atoms with van der Waals surface area (Å²) < 4.78 is 0. The van der Waals surface area contributed by atoms with Gasteiger partial charge in [-0.15, -0.1) is 11.3 Å². The lowest BCUT2D eigenvalue weighted by atomic mass is 10.4. The second kappa shape index (κ2) is 5.78. The van der Waals surface area contributed by atoms with Gasteiger partial charge in [-0.25, -0.2) is 0 Å². The van der Waals surface area contributed by atoms with Crippen LogP contribution >= 0.6 is 11.3 Å². The number of carbonyl (C=O) groups excluding carboxylic acids is 1. The molecule has 0 fully saturated rings. The van der Waals surface area contributed by atoms with Crippen LogP contribution in [0.4, 0.5) is 0 Å². The summed E-state index contributed by atoms with van der Waals surface area (Å²) in [5.74, 6) is 0.0405. The number of hydrogen-bond donors (Lipinski definition) is 1. The SMILES string of the molecule is CN(C)CCCNC(=O)c1cccs1. The van der Waals surface area contributed by atoms with Gasteiger partial charge in [-0.05, 0) is 38.5 Å². The molecule has 78 valence electrons. The van der Waals surface area contributed by atoms with Crippen molar-refractivity contribution in [2.75, 3.05) is 27.2 Å². The number of nitrogens with zero attached hydrogens (tertiary/aromatic N) is 1. The van der Waals surface area contributed by atoms with Gasteiger partial charge in [0.05, 0.1) is 4.88 Å². The van der Waals surface area contributed by atoms with Gasteiger partial charge in [0.15, 0.2) is 0 Å². The van der Waals surface area contributed by atoms with Gasteiger partial charge in [-0.2, -0.15) is 0 Å². The van der Waals surface area contributed by atoms with Gasteiger partial charge in [0.1, 0.15) is 0 Å². The predicted molar refractivity (Wildman–Crippen MR) is 59.8 cm³/mol. The fourth-order valence-electron chi connectivity index (χ4n) is 1.09. The van der Waals surface area contributed by atoms with E-state index in [9.17, 15) is 4.79 Å². The van der Waals surface area contributed by atoms with Gasteiger partial charge >= 0.3 is 0 Å². The molecule has 4 heteroatoms. The maximum absolute atomic E-state index is 11.4. The lowest BCUT2D eigenvalue weighted by Gasteiger charge is -2.09. The van der Waals surface area contributed by atoms with E-state index in [1.165, 1.54) is 11.3 Å². The van der Waals surface area contributed by atoms with Crippen LogP contribution in [0, 0.1) is 0 Å². The molecule has 0 radical (unpaired) electrons. The molecule has 1 rings (SSSR count). The number of rotatable bonds is 5. The van der Waals surface area contributed by atoms with E-state index in [1.807, 2.05) is 31.6 Å². The van der Waals surface area contributed by atoms with E-state index >= 15 is 0 Å². The highest BCUT2D eigenvalue weighted by Crippen LogP contribution is 2.07. The number of thiophene rings is 1. The Bertz CT molecular complexity index is 270. The predicted octanol–water partition coefficient (Wildman–Crippen LogP) is 1.43. The van der Waals surface area contributed by atoms with Crippen LogP contribution in [0.1, 0.15) is 16.1 Å². The molecule has 0 aliphatic carbocycles. The Balaban J connectivity index is 2.16. The Kier molecular flexibility index (Phi) is 4.62. The Morgan fingerprint density at radius 3 is 2.93 bits per heavy atom. The lowest BCUT2D eigenvalue weighted by Crippen LogP contribution is -2.26. The summed E-state index contributed by atoms with van der Waals surface area (Å²) in [4.78, 5) is 14.3. The molecule has 0 saturated heterocycles. The van der Waals surface area contributed by atoms with Crippen molar-refractivity contribution in [1.29, 1.82) is 0 Å². The summed E-state index contributed by atoms with van der Waals surface area (Å²) in [6.45, 7) is 1.75. The lowest BCUT2D eigenvalue weighted by molar-refractivity contribution is 0.0956. The topological polar surface area (TPSA) is 32.3 Å². The fraction of sp³-hybridized carbons (Fsp3) is 0.500. The first-order valence-electron chi connectivity index (χ1n) is 4.66. The zero-order chi connectivity index (χ0) is 10.4. The van der Waals surface area contributed by atoms with E-state index in [0.717, 1.165) is 24.4 Å². The van der Waals surface area contributed by atoms with Gasteiger partial charge in [-0.1, -0.05) is 6.07 Å². The maximum atomic E-state index is 11.4. The van der Waals surface area contributed by atoms with E-state index in [-0.39, 0.29) is 5.91 Å². The Morgan fingerprint density at radius 1 is 1.57 bits per heavy atom. The molecule has 0 unspecified atom stereocenters. The summed E-state index contributed by atoms with van der Waals surface area (Å²) in [6, 6.07) is 3.73. The number of carbonyl (C=O) groups is 1. The summed E-state index contributed by atoms with van der Waals surface area (Å²) >= 11 is 1.47. The fourth-order valence-corrected chi connectivity index (χ4v) is 1.73. The molecule has 0 aromatic carbocycles. The minimum atomic E-state index is 0.0405. The normalized spacial score (nSPS) is 10.5. The van der Waals surface area contributed by atoms with Crippen LogP contribution in [-0.4, -0.2) is 38.0 Å². The van der Waals surface area contributed by atoms with Gasteiger partial charge in [0.25, 0.3) is 5.91 Å². The first-order chi connectivity index (χ1) is 6.70. The number of nitrogens with one attached hydrogen (secondary N) is 1. The highest BCUT2D eigenvalue weighted by molar-refractivity contribution is 7.12. The van der Waals surface area contributed by atoms with Crippen LogP contribution in [-0.2, 0) is 0 Å². The molecule has 0 saturated carbocycles. The van der Waals surface area contributed by atoms with Crippen LogP contribution < -0.4 is 5.32 Å². The van der Waals surface area contributed by atoms with Gasteiger partial charge < -0.3 is 10.2 Å². The number of hydrogen-bond acceptors (Lipinski definition) is 3. The molecule has 0 aliphatic heterocycles. The zero-order valence-electron chi connectivity index (χ0n) is 8.62. The molecular weight excluding hydrogens is 196 g/mol. The van der Waals surface area contributed by atoms with Crippen molar-refractivity contribution in [2.24, 2.45) is 0 Å². The molecule has 1 aromatic rings. The zero-order valence-corrected chi connectivity index (χ0v) is 9.43.